The fourth-order valence-corrected chi connectivity index (χ4v) is 3.19. The number of sulfone groups is 1. The maximum atomic E-state index is 13.2. The number of benzene rings is 1. The molecule has 1 atom stereocenters. The number of carbonyl (C=O) groups is 1. The largest absolute Gasteiger partial charge is 0.396 e. The van der Waals surface area contributed by atoms with Gasteiger partial charge in [0.2, 0.25) is 0 Å². The second-order valence-corrected chi connectivity index (χ2v) is 7.68. The molecule has 0 aliphatic carbocycles. The van der Waals surface area contributed by atoms with Crippen molar-refractivity contribution in [2.75, 3.05) is 12.4 Å². The van der Waals surface area contributed by atoms with Gasteiger partial charge in [0.15, 0.2) is 9.84 Å². The first-order valence-electron chi connectivity index (χ1n) is 7.72. The molecule has 0 saturated carbocycles. The van der Waals surface area contributed by atoms with Gasteiger partial charge in [-0.05, 0) is 30.2 Å². The van der Waals surface area contributed by atoms with E-state index in [0.717, 1.165) is 12.3 Å². The Hall–Kier alpha value is -2.32. The molecule has 134 valence electrons. The number of nitrogens with one attached hydrogen (secondary N) is 1. The van der Waals surface area contributed by atoms with E-state index in [1.54, 1.807) is 19.1 Å². The first-order valence-corrected chi connectivity index (χ1v) is 9.37. The summed E-state index contributed by atoms with van der Waals surface area (Å²) in [6, 6.07) is 6.64. The van der Waals surface area contributed by atoms with Gasteiger partial charge in [-0.3, -0.25) is 9.78 Å². The number of aliphatic hydroxyl groups excluding tert-OH is 1. The van der Waals surface area contributed by atoms with Crippen LogP contribution < -0.4 is 5.32 Å². The Bertz CT molecular complexity index is 838. The zero-order valence-electron chi connectivity index (χ0n) is 13.6. The fraction of sp³-hybridized carbons (Fsp3) is 0.294. The summed E-state index contributed by atoms with van der Waals surface area (Å²) in [5, 5.41) is 11.9. The number of carbonyl (C=O) groups excluding carboxylic acids is 1. The number of aromatic nitrogens is 1. The van der Waals surface area contributed by atoms with Crippen molar-refractivity contribution in [2.24, 2.45) is 0 Å². The minimum atomic E-state index is -3.31. The molecule has 0 bridgehead atoms. The molecular formula is C17H19FN2O4S. The van der Waals surface area contributed by atoms with Crippen molar-refractivity contribution in [1.29, 1.82) is 0 Å². The summed E-state index contributed by atoms with van der Waals surface area (Å²) in [5.41, 5.74) is 0.704. The number of halogens is 1. The molecule has 2 rings (SSSR count). The van der Waals surface area contributed by atoms with Crippen molar-refractivity contribution < 1.29 is 22.7 Å². The molecule has 2 N–H and O–H groups in total. The van der Waals surface area contributed by atoms with Gasteiger partial charge in [0.25, 0.3) is 5.91 Å². The topological polar surface area (TPSA) is 96.4 Å². The molecule has 2 aromatic rings. The van der Waals surface area contributed by atoms with E-state index in [2.05, 4.69) is 10.3 Å². The molecule has 0 fully saturated rings. The van der Waals surface area contributed by atoms with Crippen LogP contribution in [0.3, 0.4) is 0 Å². The average molecular weight is 366 g/mol. The van der Waals surface area contributed by atoms with Crippen LogP contribution in [0.4, 0.5) is 4.39 Å². The number of rotatable bonds is 7. The number of pyridine rings is 1. The molecule has 1 aromatic heterocycles. The smallest absolute Gasteiger partial charge is 0.253 e. The average Bonchev–Trinajstić information content (AvgIpc) is 2.61. The highest BCUT2D eigenvalue weighted by Gasteiger charge is 2.18. The fourth-order valence-electron chi connectivity index (χ4n) is 2.30. The van der Waals surface area contributed by atoms with Gasteiger partial charge < -0.3 is 10.4 Å². The molecule has 25 heavy (non-hydrogen) atoms. The zero-order valence-corrected chi connectivity index (χ0v) is 14.5. The monoisotopic (exact) mass is 366 g/mol. The Balaban J connectivity index is 2.21. The third-order valence-electron chi connectivity index (χ3n) is 3.71. The van der Waals surface area contributed by atoms with Crippen molar-refractivity contribution in [3.05, 3.63) is 59.7 Å². The Morgan fingerprint density at radius 1 is 1.28 bits per heavy atom. The Kier molecular flexibility index (Phi) is 6.22. The van der Waals surface area contributed by atoms with Gasteiger partial charge in [0, 0.05) is 12.8 Å². The second-order valence-electron chi connectivity index (χ2n) is 5.40. The summed E-state index contributed by atoms with van der Waals surface area (Å²) in [7, 11) is -3.31. The minimum absolute atomic E-state index is 0.00424. The third-order valence-corrected chi connectivity index (χ3v) is 5.46. The van der Waals surface area contributed by atoms with Crippen LogP contribution in [0, 0.1) is 5.82 Å². The molecule has 6 nitrogen and oxygen atoms in total. The van der Waals surface area contributed by atoms with Gasteiger partial charge >= 0.3 is 0 Å². The highest BCUT2D eigenvalue weighted by molar-refractivity contribution is 7.91. The van der Waals surface area contributed by atoms with Crippen LogP contribution in [0.2, 0.25) is 0 Å². The maximum absolute atomic E-state index is 13.2. The number of hydrogen-bond acceptors (Lipinski definition) is 5. The van der Waals surface area contributed by atoms with Crippen LogP contribution in [0.5, 0.6) is 0 Å². The predicted octanol–water partition coefficient (Wildman–Crippen LogP) is 1.87. The highest BCUT2D eigenvalue weighted by Crippen LogP contribution is 2.20. The summed E-state index contributed by atoms with van der Waals surface area (Å²) >= 11 is 0. The molecule has 1 amide bonds. The molecule has 0 unspecified atom stereocenters. The Morgan fingerprint density at radius 2 is 1.96 bits per heavy atom. The van der Waals surface area contributed by atoms with Crippen molar-refractivity contribution in [2.45, 2.75) is 24.3 Å². The molecule has 1 heterocycles. The minimum Gasteiger partial charge on any atom is -0.396 e. The standard InChI is InChI=1S/C17H19FN2O4S/c1-2-25(23,24)15-5-3-12(4-6-15)16(7-8-21)20-17(22)13-9-14(18)11-19-10-13/h3-6,9-11,16,21H,2,7-8H2,1H3,(H,20,22)/t16-/m0/s1. The van der Waals surface area contributed by atoms with E-state index in [1.165, 1.54) is 18.3 Å². The lowest BCUT2D eigenvalue weighted by Crippen LogP contribution is -2.29. The normalized spacial score (nSPS) is 12.6. The lowest BCUT2D eigenvalue weighted by molar-refractivity contribution is 0.0929. The SMILES string of the molecule is CCS(=O)(=O)c1ccc([C@H](CCO)NC(=O)c2cncc(F)c2)cc1. The summed E-state index contributed by atoms with van der Waals surface area (Å²) in [6.45, 7) is 1.38. The quantitative estimate of drug-likeness (QED) is 0.780. The number of nitrogens with zero attached hydrogens (tertiary/aromatic N) is 1. The molecule has 0 saturated heterocycles. The Labute approximate surface area is 145 Å². The van der Waals surface area contributed by atoms with Gasteiger partial charge in [-0.15, -0.1) is 0 Å². The van der Waals surface area contributed by atoms with Crippen molar-refractivity contribution in [3.63, 3.8) is 0 Å². The highest BCUT2D eigenvalue weighted by atomic mass is 32.2. The van der Waals surface area contributed by atoms with Gasteiger partial charge in [0.1, 0.15) is 5.82 Å². The van der Waals surface area contributed by atoms with Crippen LogP contribution in [-0.4, -0.2) is 36.8 Å². The van der Waals surface area contributed by atoms with E-state index in [-0.39, 0.29) is 29.2 Å². The van der Waals surface area contributed by atoms with Crippen molar-refractivity contribution >= 4 is 15.7 Å². The zero-order chi connectivity index (χ0) is 18.4. The third kappa shape index (κ3) is 4.83. The number of amides is 1. The molecule has 0 aliphatic heterocycles. The molecule has 0 radical (unpaired) electrons. The van der Waals surface area contributed by atoms with Crippen LogP contribution in [0.15, 0.2) is 47.6 Å². The van der Waals surface area contributed by atoms with E-state index in [4.69, 9.17) is 0 Å². The first kappa shape index (κ1) is 19.0. The van der Waals surface area contributed by atoms with Gasteiger partial charge in [0.05, 0.1) is 28.5 Å². The summed E-state index contributed by atoms with van der Waals surface area (Å²) in [6.07, 6.45) is 2.47. The molecular weight excluding hydrogens is 347 g/mol. The van der Waals surface area contributed by atoms with Crippen LogP contribution >= 0.6 is 0 Å². The molecule has 0 spiro atoms. The molecule has 8 heteroatoms. The molecule has 0 aliphatic rings. The van der Waals surface area contributed by atoms with E-state index in [0.29, 0.717) is 5.56 Å². The van der Waals surface area contributed by atoms with E-state index < -0.39 is 27.6 Å². The van der Waals surface area contributed by atoms with E-state index >= 15 is 0 Å². The van der Waals surface area contributed by atoms with Crippen LogP contribution in [0.25, 0.3) is 0 Å². The van der Waals surface area contributed by atoms with E-state index in [9.17, 15) is 22.7 Å². The maximum Gasteiger partial charge on any atom is 0.253 e. The Morgan fingerprint density at radius 3 is 2.52 bits per heavy atom. The summed E-state index contributed by atoms with van der Waals surface area (Å²) < 4.78 is 36.9. The summed E-state index contributed by atoms with van der Waals surface area (Å²) in [4.78, 5) is 16.1. The van der Waals surface area contributed by atoms with Crippen molar-refractivity contribution in [3.8, 4) is 0 Å². The van der Waals surface area contributed by atoms with Crippen LogP contribution in [0.1, 0.15) is 35.3 Å². The lowest BCUT2D eigenvalue weighted by Gasteiger charge is -2.18. The van der Waals surface area contributed by atoms with E-state index in [1.807, 2.05) is 0 Å². The van der Waals surface area contributed by atoms with Crippen molar-refractivity contribution in [1.82, 2.24) is 10.3 Å². The lowest BCUT2D eigenvalue weighted by atomic mass is 10.0. The molecule has 1 aromatic carbocycles. The predicted molar refractivity (Wildman–Crippen MR) is 90.3 cm³/mol. The number of aliphatic hydroxyl groups is 1. The first-order chi connectivity index (χ1) is 11.9. The van der Waals surface area contributed by atoms with Gasteiger partial charge in [-0.25, -0.2) is 12.8 Å². The van der Waals surface area contributed by atoms with Gasteiger partial charge in [-0.2, -0.15) is 0 Å². The summed E-state index contributed by atoms with van der Waals surface area (Å²) in [5.74, 6) is -1.16. The second kappa shape index (κ2) is 8.17. The van der Waals surface area contributed by atoms with Crippen LogP contribution in [-0.2, 0) is 9.84 Å². The number of hydrogen-bond donors (Lipinski definition) is 2. The van der Waals surface area contributed by atoms with Gasteiger partial charge in [-0.1, -0.05) is 19.1 Å².